The average Bonchev–Trinajstić information content (AvgIpc) is 3.44. The van der Waals surface area contributed by atoms with E-state index >= 15 is 0 Å². The molecule has 1 fully saturated rings. The highest BCUT2D eigenvalue weighted by atomic mass is 32.2. The van der Waals surface area contributed by atoms with Gasteiger partial charge in [0.05, 0.1) is 15.7 Å². The number of halogens is 1. The lowest BCUT2D eigenvalue weighted by Crippen LogP contribution is -2.40. The van der Waals surface area contributed by atoms with E-state index in [2.05, 4.69) is 0 Å². The molecule has 5 heteroatoms. The second-order valence-corrected chi connectivity index (χ2v) is 8.26. The summed E-state index contributed by atoms with van der Waals surface area (Å²) >= 11 is 0. The van der Waals surface area contributed by atoms with Crippen LogP contribution in [0.2, 0.25) is 0 Å². The number of Topliss-reactive ketones (excluding diaryl/α,β-unsaturated/α-hetero) is 1. The molecule has 3 aromatic rings. The molecular formula is C22H15FO3S. The number of carbonyl (C=O) groups excluding carboxylic acids is 1. The second-order valence-electron chi connectivity index (χ2n) is 6.76. The molecule has 2 aliphatic rings. The Morgan fingerprint density at radius 1 is 0.852 bits per heavy atom. The number of epoxide rings is 1. The summed E-state index contributed by atoms with van der Waals surface area (Å²) < 4.78 is 32.8. The van der Waals surface area contributed by atoms with Crippen molar-refractivity contribution < 1.29 is 18.1 Å². The Bertz CT molecular complexity index is 1060. The minimum atomic E-state index is -1.45. The molecule has 2 heterocycles. The third-order valence-electron chi connectivity index (χ3n) is 5.23. The van der Waals surface area contributed by atoms with E-state index < -0.39 is 27.8 Å². The molecular weight excluding hydrogens is 363 g/mol. The zero-order valence-electron chi connectivity index (χ0n) is 14.2. The maximum Gasteiger partial charge on any atom is 0.200 e. The molecule has 134 valence electrons. The number of ketones is 1. The highest BCUT2D eigenvalue weighted by molar-refractivity contribution is 7.85. The van der Waals surface area contributed by atoms with E-state index in [-0.39, 0.29) is 11.6 Å². The maximum atomic E-state index is 13.5. The topological polar surface area (TPSA) is 46.7 Å². The third-order valence-corrected chi connectivity index (χ3v) is 7.07. The molecule has 0 saturated carbocycles. The monoisotopic (exact) mass is 378 g/mol. The van der Waals surface area contributed by atoms with Crippen LogP contribution in [0.5, 0.6) is 0 Å². The van der Waals surface area contributed by atoms with Gasteiger partial charge in [0.15, 0.2) is 5.60 Å². The predicted octanol–water partition coefficient (Wildman–Crippen LogP) is 4.38. The van der Waals surface area contributed by atoms with Gasteiger partial charge in [0.25, 0.3) is 0 Å². The Hall–Kier alpha value is -2.63. The fraction of sp³-hybridized carbons (Fsp3) is 0.136. The SMILES string of the molecule is O=C1c2ccccc2[S@](=O)[C@@H](c2ccccc2)[C@@]12O[C@@H]2c1ccc(F)cc1. The van der Waals surface area contributed by atoms with Crippen molar-refractivity contribution in [3.63, 3.8) is 0 Å². The lowest BCUT2D eigenvalue weighted by Gasteiger charge is -2.30. The Kier molecular flexibility index (Phi) is 3.64. The fourth-order valence-electron chi connectivity index (χ4n) is 3.93. The molecule has 0 unspecified atom stereocenters. The summed E-state index contributed by atoms with van der Waals surface area (Å²) in [6.45, 7) is 0. The Morgan fingerprint density at radius 3 is 2.26 bits per heavy atom. The maximum absolute atomic E-state index is 13.5. The summed E-state index contributed by atoms with van der Waals surface area (Å²) in [7, 11) is -1.45. The van der Waals surface area contributed by atoms with Crippen LogP contribution in [-0.2, 0) is 15.5 Å². The van der Waals surface area contributed by atoms with Gasteiger partial charge in [-0.2, -0.15) is 0 Å². The summed E-state index contributed by atoms with van der Waals surface area (Å²) in [5.74, 6) is -0.516. The molecule has 0 aliphatic carbocycles. The van der Waals surface area contributed by atoms with Crippen LogP contribution in [0.4, 0.5) is 4.39 Å². The minimum Gasteiger partial charge on any atom is -0.350 e. The van der Waals surface area contributed by atoms with E-state index in [1.54, 1.807) is 36.4 Å². The molecule has 0 amide bonds. The van der Waals surface area contributed by atoms with E-state index in [4.69, 9.17) is 4.74 Å². The molecule has 3 aromatic carbocycles. The van der Waals surface area contributed by atoms with Crippen LogP contribution in [0.25, 0.3) is 0 Å². The van der Waals surface area contributed by atoms with Gasteiger partial charge in [0, 0.05) is 5.56 Å². The van der Waals surface area contributed by atoms with Crippen LogP contribution in [0, 0.1) is 5.82 Å². The Morgan fingerprint density at radius 2 is 1.52 bits per heavy atom. The van der Waals surface area contributed by atoms with Crippen LogP contribution >= 0.6 is 0 Å². The van der Waals surface area contributed by atoms with Gasteiger partial charge in [-0.25, -0.2) is 4.39 Å². The van der Waals surface area contributed by atoms with E-state index in [9.17, 15) is 13.4 Å². The summed E-state index contributed by atoms with van der Waals surface area (Å²) in [6.07, 6.45) is -0.548. The van der Waals surface area contributed by atoms with Gasteiger partial charge < -0.3 is 4.74 Å². The normalized spacial score (nSPS) is 28.8. The molecule has 1 spiro atoms. The molecule has 0 bridgehead atoms. The van der Waals surface area contributed by atoms with E-state index in [0.717, 1.165) is 5.56 Å². The van der Waals surface area contributed by atoms with Gasteiger partial charge in [-0.05, 0) is 29.3 Å². The number of hydrogen-bond donors (Lipinski definition) is 0. The molecule has 0 N–H and O–H groups in total. The first-order valence-corrected chi connectivity index (χ1v) is 9.87. The van der Waals surface area contributed by atoms with Crippen LogP contribution < -0.4 is 0 Å². The van der Waals surface area contributed by atoms with Crippen LogP contribution in [0.1, 0.15) is 32.8 Å². The van der Waals surface area contributed by atoms with Gasteiger partial charge in [-0.3, -0.25) is 9.00 Å². The quantitative estimate of drug-likeness (QED) is 0.622. The number of fused-ring (bicyclic) bond motifs is 1. The third kappa shape index (κ3) is 2.35. The van der Waals surface area contributed by atoms with Crippen LogP contribution in [-0.4, -0.2) is 15.6 Å². The Labute approximate surface area is 158 Å². The number of ether oxygens (including phenoxy) is 1. The molecule has 0 radical (unpaired) electrons. The van der Waals surface area contributed by atoms with Gasteiger partial charge in [-0.1, -0.05) is 60.7 Å². The van der Waals surface area contributed by atoms with Gasteiger partial charge in [0.2, 0.25) is 5.78 Å². The summed E-state index contributed by atoms with van der Waals surface area (Å²) in [4.78, 5) is 14.0. The van der Waals surface area contributed by atoms with Crippen molar-refractivity contribution in [3.05, 3.63) is 101 Å². The molecule has 4 atom stereocenters. The highest BCUT2D eigenvalue weighted by Gasteiger charge is 2.71. The van der Waals surface area contributed by atoms with Crippen LogP contribution in [0.3, 0.4) is 0 Å². The van der Waals surface area contributed by atoms with Crippen molar-refractivity contribution in [1.29, 1.82) is 0 Å². The largest absolute Gasteiger partial charge is 0.350 e. The first kappa shape index (κ1) is 16.5. The number of hydrogen-bond acceptors (Lipinski definition) is 3. The summed E-state index contributed by atoms with van der Waals surface area (Å²) in [5.41, 5.74) is 0.719. The molecule has 27 heavy (non-hydrogen) atoms. The smallest absolute Gasteiger partial charge is 0.200 e. The standard InChI is InChI=1S/C22H15FO3S/c23-16-12-10-14(11-13-16)20-22(26-20)19(24)17-8-4-5-9-18(17)27(25)21(22)15-6-2-1-3-7-15/h1-13,20-21H/t20-,21+,22-,27+/m1/s1. The lowest BCUT2D eigenvalue weighted by atomic mass is 9.85. The van der Waals surface area contributed by atoms with Gasteiger partial charge >= 0.3 is 0 Å². The van der Waals surface area contributed by atoms with Crippen molar-refractivity contribution in [2.24, 2.45) is 0 Å². The summed E-state index contributed by atoms with van der Waals surface area (Å²) in [5, 5.41) is -0.615. The van der Waals surface area contributed by atoms with E-state index in [1.807, 2.05) is 30.3 Å². The Balaban J connectivity index is 1.69. The first-order valence-electron chi connectivity index (χ1n) is 8.65. The zero-order chi connectivity index (χ0) is 18.6. The lowest BCUT2D eigenvalue weighted by molar-refractivity contribution is 0.0859. The molecule has 5 rings (SSSR count). The second kappa shape index (κ2) is 5.94. The predicted molar refractivity (Wildman–Crippen MR) is 99.3 cm³/mol. The number of carbonyl (C=O) groups is 1. The molecule has 2 aliphatic heterocycles. The molecule has 3 nitrogen and oxygen atoms in total. The van der Waals surface area contributed by atoms with Gasteiger partial charge in [0.1, 0.15) is 17.2 Å². The molecule has 0 aromatic heterocycles. The van der Waals surface area contributed by atoms with Crippen molar-refractivity contribution in [2.75, 3.05) is 0 Å². The van der Waals surface area contributed by atoms with Crippen molar-refractivity contribution in [3.8, 4) is 0 Å². The minimum absolute atomic E-state index is 0.166. The first-order chi connectivity index (χ1) is 13.1. The fourth-order valence-corrected chi connectivity index (χ4v) is 5.78. The van der Waals surface area contributed by atoms with Crippen molar-refractivity contribution in [2.45, 2.75) is 21.9 Å². The van der Waals surface area contributed by atoms with Gasteiger partial charge in [-0.15, -0.1) is 0 Å². The number of benzene rings is 3. The van der Waals surface area contributed by atoms with Crippen LogP contribution in [0.15, 0.2) is 83.8 Å². The molecule has 1 saturated heterocycles. The van der Waals surface area contributed by atoms with E-state index in [1.165, 1.54) is 12.1 Å². The number of rotatable bonds is 2. The zero-order valence-corrected chi connectivity index (χ0v) is 15.0. The average molecular weight is 378 g/mol. The summed E-state index contributed by atoms with van der Waals surface area (Å²) in [6, 6.07) is 22.3. The van der Waals surface area contributed by atoms with Crippen molar-refractivity contribution >= 4 is 16.6 Å². The van der Waals surface area contributed by atoms with E-state index in [0.29, 0.717) is 16.0 Å². The highest BCUT2D eigenvalue weighted by Crippen LogP contribution is 2.62. The van der Waals surface area contributed by atoms with Crippen molar-refractivity contribution in [1.82, 2.24) is 0 Å².